The molecule has 0 saturated carbocycles. The highest BCUT2D eigenvalue weighted by Crippen LogP contribution is 2.28. The molecule has 202 valence electrons. The van der Waals surface area contributed by atoms with Crippen molar-refractivity contribution in [3.05, 3.63) is 58.3 Å². The average molecular weight is 525 g/mol. The molecule has 1 aliphatic heterocycles. The largest absolute Gasteiger partial charge is 0.494 e. The van der Waals surface area contributed by atoms with Gasteiger partial charge in [-0.2, -0.15) is 5.10 Å². The maximum Gasteiger partial charge on any atom is 0.273 e. The Morgan fingerprint density at radius 3 is 2.47 bits per heavy atom. The summed E-state index contributed by atoms with van der Waals surface area (Å²) >= 11 is 0. The lowest BCUT2D eigenvalue weighted by molar-refractivity contribution is -0.384. The predicted molar refractivity (Wildman–Crippen MR) is 141 cm³/mol. The second-order valence-electron chi connectivity index (χ2n) is 9.37. The summed E-state index contributed by atoms with van der Waals surface area (Å²) in [5.74, 6) is -0.546. The van der Waals surface area contributed by atoms with E-state index in [4.69, 9.17) is 9.47 Å². The molecule has 2 N–H and O–H groups in total. The number of aromatic nitrogens is 2. The van der Waals surface area contributed by atoms with E-state index in [1.54, 1.807) is 17.9 Å². The van der Waals surface area contributed by atoms with E-state index in [9.17, 15) is 19.7 Å². The van der Waals surface area contributed by atoms with Crippen LogP contribution in [0.2, 0.25) is 0 Å². The van der Waals surface area contributed by atoms with E-state index in [2.05, 4.69) is 20.6 Å². The normalized spacial score (nSPS) is 14.8. The quantitative estimate of drug-likeness (QED) is 0.305. The third-order valence-corrected chi connectivity index (χ3v) is 6.48. The van der Waals surface area contributed by atoms with Crippen molar-refractivity contribution in [2.75, 3.05) is 45.3 Å². The fourth-order valence-electron chi connectivity index (χ4n) is 4.39. The van der Waals surface area contributed by atoms with Gasteiger partial charge in [-0.25, -0.2) is 0 Å². The molecule has 0 aliphatic carbocycles. The van der Waals surface area contributed by atoms with Gasteiger partial charge in [0.15, 0.2) is 5.69 Å². The first kappa shape index (κ1) is 27.0. The van der Waals surface area contributed by atoms with Crippen molar-refractivity contribution in [1.29, 1.82) is 0 Å². The third kappa shape index (κ3) is 6.09. The number of amides is 2. The van der Waals surface area contributed by atoms with E-state index in [0.717, 1.165) is 19.6 Å². The molecule has 2 amide bonds. The molecule has 0 radical (unpaired) electrons. The van der Waals surface area contributed by atoms with Gasteiger partial charge in [0, 0.05) is 42.8 Å². The minimum atomic E-state index is -0.864. The number of nitro groups is 1. The van der Waals surface area contributed by atoms with Gasteiger partial charge in [-0.3, -0.25) is 29.3 Å². The smallest absolute Gasteiger partial charge is 0.273 e. The molecule has 4 rings (SSSR count). The Balaban J connectivity index is 1.54. The molecule has 12 heteroatoms. The van der Waals surface area contributed by atoms with Gasteiger partial charge in [0.1, 0.15) is 17.3 Å². The number of fused-ring (bicyclic) bond motifs is 1. The first-order valence-corrected chi connectivity index (χ1v) is 12.5. The molecule has 2 heterocycles. The van der Waals surface area contributed by atoms with Crippen LogP contribution in [0, 0.1) is 16.0 Å². The van der Waals surface area contributed by atoms with E-state index < -0.39 is 22.8 Å². The first-order valence-electron chi connectivity index (χ1n) is 12.5. The highest BCUT2D eigenvalue weighted by atomic mass is 16.6. The molecule has 0 bridgehead atoms. The summed E-state index contributed by atoms with van der Waals surface area (Å²) in [5.41, 5.74) is 1.23. The molecule has 1 atom stereocenters. The number of carbonyl (C=O) groups is 2. The van der Waals surface area contributed by atoms with Crippen molar-refractivity contribution < 1.29 is 24.0 Å². The van der Waals surface area contributed by atoms with Crippen LogP contribution in [-0.4, -0.2) is 77.4 Å². The van der Waals surface area contributed by atoms with Gasteiger partial charge in [-0.05, 0) is 24.1 Å². The number of anilines is 1. The number of hydrogen-bond donors (Lipinski definition) is 2. The molecule has 38 heavy (non-hydrogen) atoms. The maximum absolute atomic E-state index is 13.5. The molecular formula is C26H32N6O6. The molecule has 0 spiro atoms. The Morgan fingerprint density at radius 1 is 1.13 bits per heavy atom. The summed E-state index contributed by atoms with van der Waals surface area (Å²) < 4.78 is 12.8. The number of para-hydroxylation sites is 1. The fourth-order valence-corrected chi connectivity index (χ4v) is 4.39. The highest BCUT2D eigenvalue weighted by Gasteiger charge is 2.28. The molecular weight excluding hydrogens is 492 g/mol. The van der Waals surface area contributed by atoms with Crippen molar-refractivity contribution in [1.82, 2.24) is 20.0 Å². The van der Waals surface area contributed by atoms with E-state index in [1.165, 1.54) is 24.3 Å². The summed E-state index contributed by atoms with van der Waals surface area (Å²) in [6.07, 6.45) is 0. The summed E-state index contributed by atoms with van der Waals surface area (Å²) in [7, 11) is 1.57. The zero-order chi connectivity index (χ0) is 27.2. The Morgan fingerprint density at radius 2 is 1.84 bits per heavy atom. The lowest BCUT2D eigenvalue weighted by Gasteiger charge is -2.26. The standard InChI is InChI=1S/C26H32N6O6/c1-17(2)22(25(33)27-18-7-9-19(10-8-18)32(35)36)28-26(34)23-20-5-4-6-21(37-3)24(20)31(29-23)12-11-30-13-15-38-16-14-30/h4-10,17,22H,11-16H2,1-3H3,(H,27,33)(H,28,34). The minimum Gasteiger partial charge on any atom is -0.494 e. The van der Waals surface area contributed by atoms with E-state index >= 15 is 0 Å². The van der Waals surface area contributed by atoms with Crippen LogP contribution in [0.3, 0.4) is 0 Å². The van der Waals surface area contributed by atoms with Crippen molar-refractivity contribution in [2.24, 2.45) is 5.92 Å². The van der Waals surface area contributed by atoms with Gasteiger partial charge in [0.05, 0.1) is 31.8 Å². The van der Waals surface area contributed by atoms with Gasteiger partial charge in [-0.1, -0.05) is 26.0 Å². The van der Waals surface area contributed by atoms with Crippen molar-refractivity contribution in [2.45, 2.75) is 26.4 Å². The lowest BCUT2D eigenvalue weighted by atomic mass is 10.0. The number of methoxy groups -OCH3 is 1. The Labute approximate surface area is 220 Å². The van der Waals surface area contributed by atoms with Crippen LogP contribution in [0.15, 0.2) is 42.5 Å². The molecule has 1 aliphatic rings. The van der Waals surface area contributed by atoms with E-state index in [-0.39, 0.29) is 17.3 Å². The first-order chi connectivity index (χ1) is 18.3. The van der Waals surface area contributed by atoms with Gasteiger partial charge in [0.2, 0.25) is 5.91 Å². The SMILES string of the molecule is COc1cccc2c(C(=O)NC(C(=O)Nc3ccc([N+](=O)[O-])cc3)C(C)C)nn(CCN3CCOCC3)c12. The molecule has 12 nitrogen and oxygen atoms in total. The summed E-state index contributed by atoms with van der Waals surface area (Å²) in [6, 6.07) is 10.1. The Kier molecular flexibility index (Phi) is 8.54. The van der Waals surface area contributed by atoms with Crippen LogP contribution in [-0.2, 0) is 16.1 Å². The van der Waals surface area contributed by atoms with Crippen LogP contribution >= 0.6 is 0 Å². The summed E-state index contributed by atoms with van der Waals surface area (Å²) in [6.45, 7) is 7.99. The minimum absolute atomic E-state index is 0.0803. The molecule has 1 aromatic heterocycles. The zero-order valence-electron chi connectivity index (χ0n) is 21.7. The summed E-state index contributed by atoms with van der Waals surface area (Å²) in [5, 5.41) is 21.7. The number of carbonyl (C=O) groups excluding carboxylic acids is 2. The van der Waals surface area contributed by atoms with Crippen molar-refractivity contribution in [3.63, 3.8) is 0 Å². The predicted octanol–water partition coefficient (Wildman–Crippen LogP) is 2.68. The topological polar surface area (TPSA) is 141 Å². The molecule has 1 fully saturated rings. The Hall–Kier alpha value is -4.03. The number of non-ortho nitro benzene ring substituents is 1. The number of rotatable bonds is 10. The van der Waals surface area contributed by atoms with Crippen LogP contribution in [0.5, 0.6) is 5.75 Å². The van der Waals surface area contributed by atoms with E-state index in [0.29, 0.717) is 42.1 Å². The van der Waals surface area contributed by atoms with Crippen molar-refractivity contribution in [3.8, 4) is 5.75 Å². The average Bonchev–Trinajstić information content (AvgIpc) is 3.30. The number of benzene rings is 2. The van der Waals surface area contributed by atoms with Crippen LogP contribution < -0.4 is 15.4 Å². The Bertz CT molecular complexity index is 1300. The fraction of sp³-hybridized carbons (Fsp3) is 0.423. The van der Waals surface area contributed by atoms with Gasteiger partial charge in [-0.15, -0.1) is 0 Å². The zero-order valence-corrected chi connectivity index (χ0v) is 21.7. The van der Waals surface area contributed by atoms with Crippen molar-refractivity contribution >= 4 is 34.1 Å². The lowest BCUT2D eigenvalue weighted by Crippen LogP contribution is -2.47. The van der Waals surface area contributed by atoms with Crippen LogP contribution in [0.25, 0.3) is 10.9 Å². The number of nitro benzene ring substituents is 1. The van der Waals surface area contributed by atoms with Gasteiger partial charge < -0.3 is 20.1 Å². The number of nitrogens with zero attached hydrogens (tertiary/aromatic N) is 4. The summed E-state index contributed by atoms with van der Waals surface area (Å²) in [4.78, 5) is 39.2. The second-order valence-corrected chi connectivity index (χ2v) is 9.37. The van der Waals surface area contributed by atoms with E-state index in [1.807, 2.05) is 26.0 Å². The maximum atomic E-state index is 13.5. The number of ether oxygens (including phenoxy) is 2. The molecule has 3 aromatic rings. The van der Waals surface area contributed by atoms with Crippen LogP contribution in [0.4, 0.5) is 11.4 Å². The number of hydrogen-bond acceptors (Lipinski definition) is 8. The molecule has 2 aromatic carbocycles. The molecule has 1 unspecified atom stereocenters. The highest BCUT2D eigenvalue weighted by molar-refractivity contribution is 6.08. The number of morpholine rings is 1. The second kappa shape index (κ2) is 12.0. The number of nitrogens with one attached hydrogen (secondary N) is 2. The monoisotopic (exact) mass is 524 g/mol. The van der Waals surface area contributed by atoms with Crippen LogP contribution in [0.1, 0.15) is 24.3 Å². The molecule has 1 saturated heterocycles. The van der Waals surface area contributed by atoms with Gasteiger partial charge >= 0.3 is 0 Å². The third-order valence-electron chi connectivity index (χ3n) is 6.48. The van der Waals surface area contributed by atoms with Gasteiger partial charge in [0.25, 0.3) is 11.6 Å².